The Hall–Kier alpha value is -2.68. The van der Waals surface area contributed by atoms with E-state index in [1.807, 2.05) is 4.90 Å². The van der Waals surface area contributed by atoms with E-state index in [-0.39, 0.29) is 18.3 Å². The highest BCUT2D eigenvalue weighted by Crippen LogP contribution is 2.32. The molecular formula is C24H21Cl2F3N2O3. The van der Waals surface area contributed by atoms with Crippen molar-refractivity contribution >= 4 is 29.1 Å². The Morgan fingerprint density at radius 2 is 1.74 bits per heavy atom. The minimum Gasteiger partial charge on any atom is -0.484 e. The summed E-state index contributed by atoms with van der Waals surface area (Å²) >= 11 is 12.1. The van der Waals surface area contributed by atoms with Gasteiger partial charge in [-0.2, -0.15) is 13.2 Å². The maximum absolute atomic E-state index is 12.9. The fourth-order valence-electron chi connectivity index (χ4n) is 3.68. The van der Waals surface area contributed by atoms with Gasteiger partial charge in [0.25, 0.3) is 5.91 Å². The number of ether oxygens (including phenoxy) is 1. The molecule has 3 aromatic rings. The van der Waals surface area contributed by atoms with Crippen LogP contribution in [0.5, 0.6) is 5.75 Å². The molecule has 0 N–H and O–H groups in total. The van der Waals surface area contributed by atoms with Gasteiger partial charge < -0.3 is 14.1 Å². The number of nitrogens with zero attached hydrogens (tertiary/aromatic N) is 2. The normalized spacial score (nSPS) is 14.9. The van der Waals surface area contributed by atoms with Crippen molar-refractivity contribution in [1.29, 1.82) is 0 Å². The van der Waals surface area contributed by atoms with Crippen LogP contribution in [0.1, 0.15) is 27.4 Å². The summed E-state index contributed by atoms with van der Waals surface area (Å²) in [6.07, 6.45) is -4.37. The van der Waals surface area contributed by atoms with E-state index in [9.17, 15) is 18.0 Å². The van der Waals surface area contributed by atoms with Gasteiger partial charge in [0.15, 0.2) is 5.76 Å². The van der Waals surface area contributed by atoms with Gasteiger partial charge in [0, 0.05) is 32.7 Å². The Balaban J connectivity index is 1.29. The summed E-state index contributed by atoms with van der Waals surface area (Å²) in [5.74, 6) is 0.825. The number of hydrogen-bond donors (Lipinski definition) is 0. The number of alkyl halides is 3. The highest BCUT2D eigenvalue weighted by Gasteiger charge is 2.31. The maximum Gasteiger partial charge on any atom is 0.416 e. The van der Waals surface area contributed by atoms with Crippen molar-refractivity contribution < 1.29 is 27.1 Å². The van der Waals surface area contributed by atoms with Crippen molar-refractivity contribution in [3.63, 3.8) is 0 Å². The lowest BCUT2D eigenvalue weighted by atomic mass is 10.1. The molecule has 1 aliphatic heterocycles. The Labute approximate surface area is 204 Å². The number of rotatable bonds is 6. The van der Waals surface area contributed by atoms with Gasteiger partial charge in [0.05, 0.1) is 10.6 Å². The molecule has 1 aromatic heterocycles. The van der Waals surface area contributed by atoms with Gasteiger partial charge in [0.2, 0.25) is 0 Å². The molecule has 180 valence electrons. The van der Waals surface area contributed by atoms with E-state index in [1.54, 1.807) is 41.3 Å². The molecule has 0 radical (unpaired) electrons. The van der Waals surface area contributed by atoms with Gasteiger partial charge >= 0.3 is 6.18 Å². The first kappa shape index (κ1) is 24.4. The number of amides is 1. The highest BCUT2D eigenvalue weighted by atomic mass is 35.5. The number of carbonyl (C=O) groups excluding carboxylic acids is 1. The van der Waals surface area contributed by atoms with Crippen molar-refractivity contribution in [3.05, 3.63) is 87.3 Å². The Morgan fingerprint density at radius 3 is 2.47 bits per heavy atom. The predicted molar refractivity (Wildman–Crippen MR) is 122 cm³/mol. The van der Waals surface area contributed by atoms with Crippen LogP contribution < -0.4 is 4.74 Å². The molecule has 0 saturated carbocycles. The van der Waals surface area contributed by atoms with E-state index < -0.39 is 11.7 Å². The summed E-state index contributed by atoms with van der Waals surface area (Å²) in [5.41, 5.74) is -0.0702. The lowest BCUT2D eigenvalue weighted by Gasteiger charge is -2.34. The van der Waals surface area contributed by atoms with Crippen LogP contribution in [0.2, 0.25) is 10.0 Å². The Kier molecular flexibility index (Phi) is 7.40. The van der Waals surface area contributed by atoms with Crippen molar-refractivity contribution in [2.45, 2.75) is 19.3 Å². The predicted octanol–water partition coefficient (Wildman–Crippen LogP) is 6.14. The molecule has 1 aliphatic rings. The number of piperazine rings is 1. The molecule has 0 bridgehead atoms. The molecule has 1 saturated heterocycles. The van der Waals surface area contributed by atoms with E-state index in [0.29, 0.717) is 59.8 Å². The van der Waals surface area contributed by atoms with E-state index in [0.717, 1.165) is 6.07 Å². The number of furan rings is 1. The maximum atomic E-state index is 12.9. The zero-order valence-electron chi connectivity index (χ0n) is 17.9. The zero-order chi connectivity index (χ0) is 24.3. The van der Waals surface area contributed by atoms with Crippen LogP contribution in [-0.4, -0.2) is 41.9 Å². The van der Waals surface area contributed by atoms with E-state index in [2.05, 4.69) is 0 Å². The van der Waals surface area contributed by atoms with Crippen molar-refractivity contribution in [3.8, 4) is 5.75 Å². The minimum absolute atomic E-state index is 0.0815. The van der Waals surface area contributed by atoms with E-state index >= 15 is 0 Å². The van der Waals surface area contributed by atoms with Crippen molar-refractivity contribution in [1.82, 2.24) is 9.80 Å². The first-order chi connectivity index (χ1) is 16.2. The lowest BCUT2D eigenvalue weighted by Crippen LogP contribution is -2.48. The molecule has 5 nitrogen and oxygen atoms in total. The third-order valence-corrected chi connectivity index (χ3v) is 6.28. The molecule has 10 heteroatoms. The molecule has 34 heavy (non-hydrogen) atoms. The highest BCUT2D eigenvalue weighted by molar-refractivity contribution is 6.42. The molecule has 0 aliphatic carbocycles. The summed E-state index contributed by atoms with van der Waals surface area (Å²) in [6, 6.07) is 13.6. The second-order valence-electron chi connectivity index (χ2n) is 7.87. The number of carbonyl (C=O) groups is 1. The molecule has 4 rings (SSSR count). The summed E-state index contributed by atoms with van der Waals surface area (Å²) in [7, 11) is 0. The molecule has 2 aromatic carbocycles. The first-order valence-corrected chi connectivity index (χ1v) is 11.3. The van der Waals surface area contributed by atoms with Gasteiger partial charge in [-0.25, -0.2) is 0 Å². The van der Waals surface area contributed by atoms with Gasteiger partial charge in [-0.1, -0.05) is 47.5 Å². The summed E-state index contributed by atoms with van der Waals surface area (Å²) in [4.78, 5) is 16.5. The quantitative estimate of drug-likeness (QED) is 0.397. The van der Waals surface area contributed by atoms with Crippen LogP contribution in [0.25, 0.3) is 0 Å². The Bertz CT molecular complexity index is 1160. The lowest BCUT2D eigenvalue weighted by molar-refractivity contribution is -0.137. The molecule has 0 atom stereocenters. The third-order valence-electron chi connectivity index (χ3n) is 5.48. The first-order valence-electron chi connectivity index (χ1n) is 10.5. The van der Waals surface area contributed by atoms with Crippen LogP contribution in [-0.2, 0) is 19.3 Å². The van der Waals surface area contributed by atoms with E-state index in [1.165, 1.54) is 12.1 Å². The van der Waals surface area contributed by atoms with Crippen molar-refractivity contribution in [2.24, 2.45) is 0 Å². The SMILES string of the molecule is O=C(c1ccc(COc2cccc(Cl)c2Cl)o1)N1CCN(Cc2cccc(C(F)(F)F)c2)CC1. The van der Waals surface area contributed by atoms with Gasteiger partial charge in [0.1, 0.15) is 23.1 Å². The number of hydrogen-bond acceptors (Lipinski definition) is 4. The molecule has 0 unspecified atom stereocenters. The molecule has 1 amide bonds. The fourth-order valence-corrected chi connectivity index (χ4v) is 4.03. The van der Waals surface area contributed by atoms with Crippen molar-refractivity contribution in [2.75, 3.05) is 26.2 Å². The molecular weight excluding hydrogens is 492 g/mol. The molecule has 1 fully saturated rings. The zero-order valence-corrected chi connectivity index (χ0v) is 19.5. The largest absolute Gasteiger partial charge is 0.484 e. The smallest absolute Gasteiger partial charge is 0.416 e. The second-order valence-corrected chi connectivity index (χ2v) is 8.66. The standard InChI is InChI=1S/C24H21Cl2F3N2O3/c25-19-5-2-6-20(22(19)26)33-15-18-7-8-21(34-18)23(32)31-11-9-30(10-12-31)14-16-3-1-4-17(13-16)24(27,28)29/h1-8,13H,9-12,14-15H2. The Morgan fingerprint density at radius 1 is 1.00 bits per heavy atom. The fraction of sp³-hybridized carbons (Fsp3) is 0.292. The second kappa shape index (κ2) is 10.3. The van der Waals surface area contributed by atoms with Crippen LogP contribution in [0.4, 0.5) is 13.2 Å². The summed E-state index contributed by atoms with van der Waals surface area (Å²) in [5, 5.41) is 0.678. The van der Waals surface area contributed by atoms with E-state index in [4.69, 9.17) is 32.4 Å². The van der Waals surface area contributed by atoms with Gasteiger partial charge in [-0.15, -0.1) is 0 Å². The monoisotopic (exact) mass is 512 g/mol. The third kappa shape index (κ3) is 5.87. The number of benzene rings is 2. The summed E-state index contributed by atoms with van der Waals surface area (Å²) < 4.78 is 50.1. The van der Waals surface area contributed by atoms with Crippen LogP contribution in [0.3, 0.4) is 0 Å². The molecule has 2 heterocycles. The number of halogens is 5. The van der Waals surface area contributed by atoms with Crippen LogP contribution in [0, 0.1) is 0 Å². The average Bonchev–Trinajstić information content (AvgIpc) is 3.29. The minimum atomic E-state index is -4.37. The average molecular weight is 513 g/mol. The topological polar surface area (TPSA) is 45.9 Å². The van der Waals surface area contributed by atoms with Crippen LogP contribution >= 0.6 is 23.2 Å². The van der Waals surface area contributed by atoms with Crippen LogP contribution in [0.15, 0.2) is 59.0 Å². The van der Waals surface area contributed by atoms with Gasteiger partial charge in [-0.05, 0) is 35.9 Å². The van der Waals surface area contributed by atoms with Gasteiger partial charge in [-0.3, -0.25) is 9.69 Å². The summed E-state index contributed by atoms with van der Waals surface area (Å²) in [6.45, 7) is 2.46. The molecule has 0 spiro atoms.